The van der Waals surface area contributed by atoms with E-state index in [1.807, 2.05) is 12.1 Å². The second-order valence-corrected chi connectivity index (χ2v) is 8.44. The van der Waals surface area contributed by atoms with Gasteiger partial charge in [-0.3, -0.25) is 0 Å². The molecular weight excluding hydrogens is 436 g/mol. The van der Waals surface area contributed by atoms with E-state index >= 15 is 0 Å². The van der Waals surface area contributed by atoms with E-state index in [0.717, 1.165) is 16.0 Å². The molecule has 0 radical (unpaired) electrons. The summed E-state index contributed by atoms with van der Waals surface area (Å²) in [6.45, 7) is 4.90. The average Bonchev–Trinajstić information content (AvgIpc) is 2.94. The van der Waals surface area contributed by atoms with Gasteiger partial charge in [-0.15, -0.1) is 11.3 Å². The normalized spacial score (nSPS) is 11.2. The van der Waals surface area contributed by atoms with Gasteiger partial charge in [-0.1, -0.05) is 24.3 Å². The molecule has 27 heavy (non-hydrogen) atoms. The summed E-state index contributed by atoms with van der Waals surface area (Å²) in [6, 6.07) is 7.25. The first-order valence-electron chi connectivity index (χ1n) is 8.11. The summed E-state index contributed by atoms with van der Waals surface area (Å²) in [4.78, 5) is 25.1. The van der Waals surface area contributed by atoms with Crippen LogP contribution in [-0.2, 0) is 20.9 Å². The molecule has 0 atom stereocenters. The van der Waals surface area contributed by atoms with E-state index in [9.17, 15) is 14.7 Å². The molecule has 2 aromatic rings. The monoisotopic (exact) mass is 456 g/mol. The minimum Gasteiger partial charge on any atom is -0.479 e. The Balaban J connectivity index is 2.33. The Kier molecular flexibility index (Phi) is 7.02. The van der Waals surface area contributed by atoms with Gasteiger partial charge < -0.3 is 19.3 Å². The number of esters is 2. The number of aliphatic hydroxyl groups is 1. The zero-order valence-electron chi connectivity index (χ0n) is 15.5. The van der Waals surface area contributed by atoms with Gasteiger partial charge in [0.1, 0.15) is 5.60 Å². The molecule has 1 aromatic heterocycles. The van der Waals surface area contributed by atoms with Gasteiger partial charge in [0, 0.05) is 0 Å². The first-order valence-corrected chi connectivity index (χ1v) is 9.72. The highest BCUT2D eigenvalue weighted by molar-refractivity contribution is 9.10. The number of rotatable bonds is 6. The summed E-state index contributed by atoms with van der Waals surface area (Å²) in [7, 11) is 1.28. The molecule has 1 N–H and O–H groups in total. The first kappa shape index (κ1) is 21.4. The minimum absolute atomic E-state index is 0.0520. The second kappa shape index (κ2) is 8.86. The maximum atomic E-state index is 12.1. The standard InChI is InChI=1S/C19H21BrO6S/c1-19(2,3)26-13(22)10-25-15-14(20)16(27-17(15)18(23)24-4)12-7-5-11(9-21)6-8-12/h5-8,21H,9-10H2,1-4H3. The molecule has 8 heteroatoms. The molecule has 0 saturated carbocycles. The third-order valence-electron chi connectivity index (χ3n) is 3.33. The third-order valence-corrected chi connectivity index (χ3v) is 5.55. The zero-order chi connectivity index (χ0) is 20.2. The van der Waals surface area contributed by atoms with Crippen molar-refractivity contribution in [2.24, 2.45) is 0 Å². The molecule has 1 heterocycles. The predicted octanol–water partition coefficient (Wildman–Crippen LogP) is 4.18. The number of ether oxygens (including phenoxy) is 3. The third kappa shape index (κ3) is 5.54. The lowest BCUT2D eigenvalue weighted by Gasteiger charge is -2.19. The number of aliphatic hydroxyl groups excluding tert-OH is 1. The van der Waals surface area contributed by atoms with Crippen LogP contribution in [0.15, 0.2) is 28.7 Å². The molecule has 0 spiro atoms. The second-order valence-electron chi connectivity index (χ2n) is 6.63. The van der Waals surface area contributed by atoms with Gasteiger partial charge in [0.15, 0.2) is 17.2 Å². The van der Waals surface area contributed by atoms with Crippen LogP contribution in [-0.4, -0.2) is 36.4 Å². The number of hydrogen-bond acceptors (Lipinski definition) is 7. The maximum Gasteiger partial charge on any atom is 0.351 e. The molecule has 0 fully saturated rings. The lowest BCUT2D eigenvalue weighted by Crippen LogP contribution is -2.27. The van der Waals surface area contributed by atoms with Crippen LogP contribution < -0.4 is 4.74 Å². The molecule has 0 unspecified atom stereocenters. The molecule has 0 amide bonds. The molecule has 1 aromatic carbocycles. The van der Waals surface area contributed by atoms with E-state index in [-0.39, 0.29) is 23.8 Å². The van der Waals surface area contributed by atoms with Crippen LogP contribution in [0.4, 0.5) is 0 Å². The van der Waals surface area contributed by atoms with E-state index in [2.05, 4.69) is 15.9 Å². The van der Waals surface area contributed by atoms with E-state index in [1.165, 1.54) is 18.4 Å². The number of thiophene rings is 1. The van der Waals surface area contributed by atoms with E-state index < -0.39 is 17.5 Å². The molecule has 6 nitrogen and oxygen atoms in total. The van der Waals surface area contributed by atoms with Crippen LogP contribution in [0.25, 0.3) is 10.4 Å². The Morgan fingerprint density at radius 3 is 2.33 bits per heavy atom. The fraction of sp³-hybridized carbons (Fsp3) is 0.368. The molecular formula is C19H21BrO6S. The zero-order valence-corrected chi connectivity index (χ0v) is 17.9. The number of carbonyl (C=O) groups is 2. The van der Waals surface area contributed by atoms with Crippen molar-refractivity contribution in [3.63, 3.8) is 0 Å². The number of carbonyl (C=O) groups excluding carboxylic acids is 2. The van der Waals surface area contributed by atoms with Crippen LogP contribution in [0.3, 0.4) is 0 Å². The Labute approximate surface area is 170 Å². The summed E-state index contributed by atoms with van der Waals surface area (Å²) < 4.78 is 16.2. The summed E-state index contributed by atoms with van der Waals surface area (Å²) >= 11 is 4.65. The molecule has 0 saturated heterocycles. The SMILES string of the molecule is COC(=O)c1sc(-c2ccc(CO)cc2)c(Br)c1OCC(=O)OC(C)(C)C. The number of hydrogen-bond donors (Lipinski definition) is 1. The fourth-order valence-corrected chi connectivity index (χ4v) is 4.18. The Morgan fingerprint density at radius 2 is 1.81 bits per heavy atom. The van der Waals surface area contributed by atoms with Crippen LogP contribution in [0, 0.1) is 0 Å². The lowest BCUT2D eigenvalue weighted by atomic mass is 10.1. The number of halogens is 1. The quantitative estimate of drug-likeness (QED) is 0.656. The van der Waals surface area contributed by atoms with Gasteiger partial charge >= 0.3 is 11.9 Å². The smallest absolute Gasteiger partial charge is 0.351 e. The Hall–Kier alpha value is -1.90. The molecule has 0 bridgehead atoms. The van der Waals surface area contributed by atoms with E-state index in [0.29, 0.717) is 4.47 Å². The largest absolute Gasteiger partial charge is 0.479 e. The van der Waals surface area contributed by atoms with Crippen molar-refractivity contribution in [2.75, 3.05) is 13.7 Å². The average molecular weight is 457 g/mol. The highest BCUT2D eigenvalue weighted by Gasteiger charge is 2.26. The lowest BCUT2D eigenvalue weighted by molar-refractivity contribution is -0.157. The summed E-state index contributed by atoms with van der Waals surface area (Å²) in [5, 5.41) is 9.18. The summed E-state index contributed by atoms with van der Waals surface area (Å²) in [5.74, 6) is -0.859. The van der Waals surface area contributed by atoms with Crippen molar-refractivity contribution in [3.05, 3.63) is 39.2 Å². The van der Waals surface area contributed by atoms with E-state index in [4.69, 9.17) is 14.2 Å². The predicted molar refractivity (Wildman–Crippen MR) is 106 cm³/mol. The van der Waals surface area contributed by atoms with Crippen molar-refractivity contribution in [1.29, 1.82) is 0 Å². The molecule has 2 rings (SSSR count). The van der Waals surface area contributed by atoms with Gasteiger partial charge in [0.25, 0.3) is 0 Å². The number of benzene rings is 1. The van der Waals surface area contributed by atoms with Crippen LogP contribution >= 0.6 is 27.3 Å². The summed E-state index contributed by atoms with van der Waals surface area (Å²) in [5.41, 5.74) is 0.985. The highest BCUT2D eigenvalue weighted by atomic mass is 79.9. The van der Waals surface area contributed by atoms with Gasteiger partial charge in [0.2, 0.25) is 0 Å². The van der Waals surface area contributed by atoms with Gasteiger partial charge in [-0.2, -0.15) is 0 Å². The maximum absolute atomic E-state index is 12.1. The van der Waals surface area contributed by atoms with Crippen LogP contribution in [0.5, 0.6) is 5.75 Å². The van der Waals surface area contributed by atoms with Crippen molar-refractivity contribution >= 4 is 39.2 Å². The minimum atomic E-state index is -0.628. The van der Waals surface area contributed by atoms with Crippen molar-refractivity contribution in [2.45, 2.75) is 33.0 Å². The van der Waals surface area contributed by atoms with Crippen molar-refractivity contribution in [3.8, 4) is 16.2 Å². The van der Waals surface area contributed by atoms with Gasteiger partial charge in [0.05, 0.1) is 23.1 Å². The first-order chi connectivity index (χ1) is 12.7. The Morgan fingerprint density at radius 1 is 1.19 bits per heavy atom. The van der Waals surface area contributed by atoms with Crippen LogP contribution in [0.2, 0.25) is 0 Å². The topological polar surface area (TPSA) is 82.1 Å². The molecule has 0 aliphatic carbocycles. The molecule has 146 valence electrons. The number of methoxy groups -OCH3 is 1. The van der Waals surface area contributed by atoms with Crippen LogP contribution in [0.1, 0.15) is 36.0 Å². The molecule has 0 aliphatic heterocycles. The molecule has 0 aliphatic rings. The summed E-state index contributed by atoms with van der Waals surface area (Å²) in [6.07, 6.45) is 0. The Bertz CT molecular complexity index is 820. The van der Waals surface area contributed by atoms with Gasteiger partial charge in [-0.25, -0.2) is 9.59 Å². The van der Waals surface area contributed by atoms with Crippen molar-refractivity contribution in [1.82, 2.24) is 0 Å². The van der Waals surface area contributed by atoms with Gasteiger partial charge in [-0.05, 0) is 47.8 Å². The van der Waals surface area contributed by atoms with Crippen molar-refractivity contribution < 1.29 is 28.9 Å². The highest BCUT2D eigenvalue weighted by Crippen LogP contribution is 2.46. The van der Waals surface area contributed by atoms with E-state index in [1.54, 1.807) is 32.9 Å². The fourth-order valence-electron chi connectivity index (χ4n) is 2.20.